The lowest BCUT2D eigenvalue weighted by atomic mass is 10.0. The average molecular weight is 367 g/mol. The second-order valence-electron chi connectivity index (χ2n) is 6.66. The van der Waals surface area contributed by atoms with Crippen molar-refractivity contribution in [2.75, 3.05) is 20.2 Å². The van der Waals surface area contributed by atoms with Gasteiger partial charge in [0.25, 0.3) is 5.56 Å². The first kappa shape index (κ1) is 17.4. The number of carbonyl (C=O) groups excluding carboxylic acids is 1. The van der Waals surface area contributed by atoms with Crippen LogP contribution in [0.2, 0.25) is 0 Å². The molecule has 1 atom stereocenters. The van der Waals surface area contributed by atoms with Gasteiger partial charge in [0.2, 0.25) is 5.91 Å². The number of hydrogen-bond acceptors (Lipinski definition) is 5. The Morgan fingerprint density at radius 2 is 2.00 bits per heavy atom. The minimum atomic E-state index is -0.760. The van der Waals surface area contributed by atoms with E-state index in [1.54, 1.807) is 12.0 Å². The molecule has 140 valence electrons. The van der Waals surface area contributed by atoms with Crippen molar-refractivity contribution in [2.24, 2.45) is 0 Å². The molecule has 1 fully saturated rings. The zero-order valence-electron chi connectivity index (χ0n) is 15.0. The molecule has 8 heteroatoms. The number of amides is 1. The molecule has 8 nitrogen and oxygen atoms in total. The molecular weight excluding hydrogens is 346 g/mol. The van der Waals surface area contributed by atoms with Crippen LogP contribution in [0.15, 0.2) is 47.7 Å². The monoisotopic (exact) mass is 367 g/mol. The smallest absolute Gasteiger partial charge is 0.265 e. The van der Waals surface area contributed by atoms with Crippen LogP contribution >= 0.6 is 0 Å². The number of benzene rings is 1. The summed E-state index contributed by atoms with van der Waals surface area (Å²) < 4.78 is 6.79. The number of H-pyrrole nitrogens is 1. The second kappa shape index (κ2) is 7.32. The Morgan fingerprint density at radius 3 is 2.70 bits per heavy atom. The van der Waals surface area contributed by atoms with Crippen LogP contribution in [0.1, 0.15) is 24.4 Å². The van der Waals surface area contributed by atoms with Gasteiger partial charge in [-0.15, -0.1) is 0 Å². The molecule has 1 aliphatic heterocycles. The zero-order valence-corrected chi connectivity index (χ0v) is 15.0. The lowest BCUT2D eigenvalue weighted by Gasteiger charge is -2.34. The molecule has 27 heavy (non-hydrogen) atoms. The third kappa shape index (κ3) is 3.23. The Labute approximate surface area is 155 Å². The first-order valence-corrected chi connectivity index (χ1v) is 8.96. The van der Waals surface area contributed by atoms with Crippen LogP contribution in [0, 0.1) is 0 Å². The Hall–Kier alpha value is -3.00. The number of rotatable bonds is 4. The molecule has 3 aromatic rings. The van der Waals surface area contributed by atoms with Crippen molar-refractivity contribution in [2.45, 2.75) is 25.0 Å². The number of likely N-dealkylation sites (tertiary alicyclic amines) is 1. The van der Waals surface area contributed by atoms with Crippen molar-refractivity contribution in [3.05, 3.63) is 58.8 Å². The van der Waals surface area contributed by atoms with Crippen molar-refractivity contribution in [3.8, 4) is 0 Å². The van der Waals surface area contributed by atoms with E-state index in [-0.39, 0.29) is 17.6 Å². The van der Waals surface area contributed by atoms with Crippen molar-refractivity contribution in [1.82, 2.24) is 24.6 Å². The normalized spacial score (nSPS) is 16.6. The summed E-state index contributed by atoms with van der Waals surface area (Å²) in [5.41, 5.74) is 0.877. The van der Waals surface area contributed by atoms with Gasteiger partial charge < -0.3 is 9.64 Å². The van der Waals surface area contributed by atoms with Crippen LogP contribution in [0.3, 0.4) is 0 Å². The van der Waals surface area contributed by atoms with Crippen LogP contribution in [0.4, 0.5) is 0 Å². The number of fused-ring (bicyclic) bond motifs is 1. The number of methoxy groups -OCH3 is 1. The Kier molecular flexibility index (Phi) is 4.72. The number of piperidine rings is 1. The zero-order chi connectivity index (χ0) is 18.8. The van der Waals surface area contributed by atoms with Gasteiger partial charge in [0.15, 0.2) is 5.65 Å². The summed E-state index contributed by atoms with van der Waals surface area (Å²) in [6.45, 7) is 1.22. The fourth-order valence-electron chi connectivity index (χ4n) is 3.57. The minimum absolute atomic E-state index is 0.109. The van der Waals surface area contributed by atoms with Crippen LogP contribution in [0.25, 0.3) is 11.0 Å². The number of carbonyl (C=O) groups is 1. The van der Waals surface area contributed by atoms with Crippen LogP contribution < -0.4 is 5.56 Å². The summed E-state index contributed by atoms with van der Waals surface area (Å²) in [5.74, 6) is -0.109. The number of ether oxygens (including phenoxy) is 1. The van der Waals surface area contributed by atoms with Gasteiger partial charge >= 0.3 is 0 Å². The fourth-order valence-corrected chi connectivity index (χ4v) is 3.57. The third-order valence-corrected chi connectivity index (χ3v) is 5.11. The summed E-state index contributed by atoms with van der Waals surface area (Å²) >= 11 is 0. The third-order valence-electron chi connectivity index (χ3n) is 5.11. The molecule has 1 unspecified atom stereocenters. The number of nitrogens with one attached hydrogen (secondary N) is 1. The van der Waals surface area contributed by atoms with Gasteiger partial charge in [0, 0.05) is 20.2 Å². The highest BCUT2D eigenvalue weighted by Crippen LogP contribution is 2.23. The quantitative estimate of drug-likeness (QED) is 0.751. The van der Waals surface area contributed by atoms with E-state index in [2.05, 4.69) is 15.2 Å². The molecule has 0 aliphatic carbocycles. The van der Waals surface area contributed by atoms with E-state index >= 15 is 0 Å². The van der Waals surface area contributed by atoms with E-state index in [0.717, 1.165) is 18.4 Å². The SMILES string of the molecule is COC1CCN(C(=O)C(c2ccccc2)n2cnc3[nH]ncc3c2=O)CC1. The van der Waals surface area contributed by atoms with Crippen LogP contribution in [-0.2, 0) is 9.53 Å². The molecule has 3 heterocycles. The second-order valence-corrected chi connectivity index (χ2v) is 6.66. The molecule has 1 N–H and O–H groups in total. The van der Waals surface area contributed by atoms with Crippen LogP contribution in [-0.4, -0.2) is 56.9 Å². The maximum atomic E-state index is 13.4. The Morgan fingerprint density at radius 1 is 1.26 bits per heavy atom. The van der Waals surface area contributed by atoms with Gasteiger partial charge in [0.05, 0.1) is 12.3 Å². The summed E-state index contributed by atoms with van der Waals surface area (Å²) in [5, 5.41) is 6.93. The number of aromatic nitrogens is 4. The van der Waals surface area contributed by atoms with Gasteiger partial charge in [-0.05, 0) is 18.4 Å². The molecule has 0 saturated carbocycles. The predicted octanol–water partition coefficient (Wildman–Crippen LogP) is 1.35. The molecule has 4 rings (SSSR count). The van der Waals surface area contributed by atoms with Gasteiger partial charge in [-0.1, -0.05) is 30.3 Å². The molecule has 0 bridgehead atoms. The standard InChI is InChI=1S/C19H21N5O3/c1-27-14-7-9-23(10-8-14)19(26)16(13-5-3-2-4-6-13)24-12-20-17-15(18(24)25)11-21-22-17/h2-6,11-12,14,16H,7-10H2,1H3,(H,21,22). The van der Waals surface area contributed by atoms with Crippen molar-refractivity contribution in [3.63, 3.8) is 0 Å². The highest BCUT2D eigenvalue weighted by molar-refractivity contribution is 5.84. The van der Waals surface area contributed by atoms with Crippen molar-refractivity contribution >= 4 is 16.9 Å². The van der Waals surface area contributed by atoms with E-state index in [0.29, 0.717) is 24.1 Å². The van der Waals surface area contributed by atoms with Gasteiger partial charge in [0.1, 0.15) is 17.8 Å². The lowest BCUT2D eigenvalue weighted by molar-refractivity contribution is -0.136. The number of hydrogen-bond donors (Lipinski definition) is 1. The summed E-state index contributed by atoms with van der Waals surface area (Å²) in [6.07, 6.45) is 4.61. The fraction of sp³-hybridized carbons (Fsp3) is 0.368. The average Bonchev–Trinajstić information content (AvgIpc) is 3.20. The summed E-state index contributed by atoms with van der Waals surface area (Å²) in [7, 11) is 1.69. The van der Waals surface area contributed by atoms with Crippen LogP contribution in [0.5, 0.6) is 0 Å². The maximum absolute atomic E-state index is 13.4. The minimum Gasteiger partial charge on any atom is -0.381 e. The molecule has 1 saturated heterocycles. The first-order chi connectivity index (χ1) is 13.2. The topological polar surface area (TPSA) is 93.1 Å². The molecule has 1 aromatic carbocycles. The van der Waals surface area contributed by atoms with Gasteiger partial charge in [-0.25, -0.2) is 4.98 Å². The van der Waals surface area contributed by atoms with Crippen molar-refractivity contribution in [1.29, 1.82) is 0 Å². The Balaban J connectivity index is 1.74. The lowest BCUT2D eigenvalue weighted by Crippen LogP contribution is -2.45. The van der Waals surface area contributed by atoms with E-state index in [1.165, 1.54) is 17.1 Å². The maximum Gasteiger partial charge on any atom is 0.265 e. The van der Waals surface area contributed by atoms with E-state index in [9.17, 15) is 9.59 Å². The highest BCUT2D eigenvalue weighted by Gasteiger charge is 2.31. The van der Waals surface area contributed by atoms with Gasteiger partial charge in [-0.3, -0.25) is 19.3 Å². The van der Waals surface area contributed by atoms with Crippen molar-refractivity contribution < 1.29 is 9.53 Å². The van der Waals surface area contributed by atoms with Gasteiger partial charge in [-0.2, -0.15) is 5.10 Å². The molecule has 0 radical (unpaired) electrons. The highest BCUT2D eigenvalue weighted by atomic mass is 16.5. The summed E-state index contributed by atoms with van der Waals surface area (Å²) in [4.78, 5) is 32.4. The predicted molar refractivity (Wildman–Crippen MR) is 99.3 cm³/mol. The van der Waals surface area contributed by atoms with E-state index in [1.807, 2.05) is 30.3 Å². The summed E-state index contributed by atoms with van der Waals surface area (Å²) in [6, 6.07) is 8.57. The largest absolute Gasteiger partial charge is 0.381 e. The number of nitrogens with zero attached hydrogens (tertiary/aromatic N) is 4. The first-order valence-electron chi connectivity index (χ1n) is 8.96. The molecule has 0 spiro atoms. The molecule has 1 amide bonds. The number of aromatic amines is 1. The van der Waals surface area contributed by atoms with E-state index in [4.69, 9.17) is 4.74 Å². The van der Waals surface area contributed by atoms with E-state index < -0.39 is 6.04 Å². The Bertz CT molecular complexity index is 989. The molecule has 1 aliphatic rings. The molecular formula is C19H21N5O3. The molecule has 2 aromatic heterocycles.